The molecule has 8 aromatic heterocycles. The molecule has 0 unspecified atom stereocenters. The Morgan fingerprint density at radius 1 is 0.317 bits per heavy atom. The van der Waals surface area contributed by atoms with Gasteiger partial charge in [0.1, 0.15) is 39.1 Å². The van der Waals surface area contributed by atoms with E-state index in [1.807, 2.05) is 0 Å². The summed E-state index contributed by atoms with van der Waals surface area (Å²) in [5.41, 5.74) is -16.0. The van der Waals surface area contributed by atoms with E-state index in [1.165, 1.54) is 39.8 Å². The molecule has 8 heterocycles. The van der Waals surface area contributed by atoms with Gasteiger partial charge in [0.25, 0.3) is 63.7 Å². The molecule has 12 aromatic rings. The molecule has 0 aliphatic rings. The van der Waals surface area contributed by atoms with Crippen LogP contribution in [0.25, 0.3) is 0 Å². The Bertz CT molecular complexity index is 8650. The maximum absolute atomic E-state index is 13.6. The fourth-order valence-corrected chi connectivity index (χ4v) is 18.6. The number of nitrogens with one attached hydrogen (secondary N) is 8. The molecule has 4 aromatic carbocycles. The summed E-state index contributed by atoms with van der Waals surface area (Å²) in [6, 6.07) is 9.46. The van der Waals surface area contributed by atoms with Gasteiger partial charge in [-0.05, 0) is 252 Å². The molecule has 0 fully saturated rings. The number of carbonyl (C=O) groups excluding carboxylic acids is 8. The summed E-state index contributed by atoms with van der Waals surface area (Å²) in [5, 5.41) is 17.3. The van der Waals surface area contributed by atoms with Gasteiger partial charge in [0.05, 0.1) is 45.5 Å². The van der Waals surface area contributed by atoms with Crippen molar-refractivity contribution in [1.82, 2.24) is 20.6 Å². The van der Waals surface area contributed by atoms with E-state index in [-0.39, 0.29) is 63.5 Å². The number of thiophene rings is 4. The monoisotopic (exact) mass is 1840 g/mol. The van der Waals surface area contributed by atoms with Crippen LogP contribution >= 0.6 is 45.3 Å². The quantitative estimate of drug-likeness (QED) is 0.0260. The van der Waals surface area contributed by atoms with E-state index < -0.39 is 351 Å². The van der Waals surface area contributed by atoms with Crippen molar-refractivity contribution in [3.63, 3.8) is 0 Å². The molecule has 120 heavy (non-hydrogen) atoms. The van der Waals surface area contributed by atoms with Gasteiger partial charge in [-0.2, -0.15) is 0 Å². The smallest absolute Gasteiger partial charge is 0.267 e. The summed E-state index contributed by atoms with van der Waals surface area (Å²) in [7, 11) is -20.3. The average molecular weight is 1840 g/mol. The predicted octanol–water partition coefficient (Wildman–Crippen LogP) is 16.9. The van der Waals surface area contributed by atoms with E-state index in [0.717, 1.165) is 52.7 Å². The van der Waals surface area contributed by atoms with Crippen molar-refractivity contribution in [2.45, 2.75) is 157 Å². The standard InChI is InChI=1S/4C20H21N3O5S2/c4*1-10-8-11(2)17(15(9-10)14(5)24)21-19(25)18-16(6-7-29-18)30(26,27)23-20-12(3)13(4)22-28-20/h4*6-9,23H,1-5H3,(H,21,25)/i1D3,2D3,4D3,5D3;1D3,2D3,3D3,5D3;3D3,4D3,5D3;1D3,2D3,5D3/hD8. The fraction of sp³-hybridized carbons (Fsp3) is 0.250. The number of nitrogens with zero attached hydrogens (tertiary/aromatic N) is 4. The van der Waals surface area contributed by atoms with E-state index in [0.29, 0.717) is 87.3 Å². The highest BCUT2D eigenvalue weighted by atomic mass is 32.2. The SMILES string of the molecule is [2H]N(C(=O)c1sccc1S(=O)(=O)N([2H])c1onc(C([2H])([2H])[2H])c1C([2H])([2H])[2H])c1c(C)cc(C)cc1C(=O)C([2H])([2H])[2H].[2H]N(C(=O)c1sccc1S(=O)(=O)N([2H])c1onc(C([2H])([2H])[2H])c1C)c1c(C(=O)C([2H])([2H])[2H])cc(C([2H])([2H])[2H])cc1C([2H])([2H])[2H].[2H]N(C(=O)c1sccc1S(=O)(=O)N([2H])c1onc(C)c1C([2H])([2H])[2H])c1c(C(=O)C([2H])([2H])[2H])cc(C([2H])([2H])[2H])cc1C([2H])([2H])[2H].[2H]N(C(=O)c1sccc1S(=O)(=O)N([2H])c1onc(C)c1C)c1c(C(=O)C([2H])([2H])[2H])cc(C([2H])([2H])[2H])cc1C([2H])([2H])[2H]. The number of hydrogen-bond donors (Lipinski definition) is 8. The number of aryl methyl sites for hydroxylation is 12. The molecule has 0 spiro atoms. The molecule has 0 saturated carbocycles. The molecule has 32 nitrogen and oxygen atoms in total. The second kappa shape index (κ2) is 37.2. The lowest BCUT2D eigenvalue weighted by Crippen LogP contribution is -2.20. The number of aromatic nitrogens is 4. The molecule has 0 saturated heterocycles. The Kier molecular flexibility index (Phi) is 13.9. The van der Waals surface area contributed by atoms with Crippen molar-refractivity contribution >= 4 is 178 Å². The summed E-state index contributed by atoms with van der Waals surface area (Å²) in [6.07, 6.45) is 0. The molecule has 0 bridgehead atoms. The van der Waals surface area contributed by atoms with Crippen molar-refractivity contribution in [3.05, 3.63) is 226 Å². The van der Waals surface area contributed by atoms with Gasteiger partial charge in [-0.3, -0.25) is 38.4 Å². The second-order valence-electron chi connectivity index (χ2n) is 23.8. The maximum atomic E-state index is 13.6. The van der Waals surface area contributed by atoms with E-state index in [9.17, 15) is 72.0 Å². The van der Waals surface area contributed by atoms with Crippen molar-refractivity contribution in [2.75, 3.05) is 40.1 Å². The lowest BCUT2D eigenvalue weighted by molar-refractivity contribution is 0.100. The van der Waals surface area contributed by atoms with Crippen molar-refractivity contribution in [2.24, 2.45) is 0 Å². The summed E-state index contributed by atoms with van der Waals surface area (Å²) in [5.74, 6) is -16.3. The third-order valence-electron chi connectivity index (χ3n) is 15.4. The van der Waals surface area contributed by atoms with Gasteiger partial charge in [-0.25, -0.2) is 52.5 Å². The van der Waals surface area contributed by atoms with Crippen LogP contribution in [0.3, 0.4) is 0 Å². The van der Waals surface area contributed by atoms with Crippen LogP contribution < -0.4 is 40.1 Å². The van der Waals surface area contributed by atoms with Gasteiger partial charge in [0.2, 0.25) is 23.5 Å². The van der Waals surface area contributed by atoms with E-state index in [4.69, 9.17) is 82.4 Å². The number of sulfonamides is 4. The van der Waals surface area contributed by atoms with Crippen LogP contribution in [0, 0.1) is 110 Å². The highest BCUT2D eigenvalue weighted by Crippen LogP contribution is 2.36. The lowest BCUT2D eigenvalue weighted by Gasteiger charge is -2.14. The number of amides is 4. The van der Waals surface area contributed by atoms with Crippen LogP contribution in [0.15, 0.2) is 132 Å². The zero-order chi connectivity index (χ0) is 131. The Balaban J connectivity index is 0.000000249. The fourth-order valence-electron chi connectivity index (χ4n) is 9.60. The maximum Gasteiger partial charge on any atom is 0.267 e. The lowest BCUT2D eigenvalue weighted by atomic mass is 10.0. The zero-order valence-electron chi connectivity index (χ0n) is 111. The molecule has 0 radical (unpaired) electrons. The highest BCUT2D eigenvalue weighted by molar-refractivity contribution is 7.94. The van der Waals surface area contributed by atoms with E-state index in [2.05, 4.69) is 25.1 Å². The first-order valence-corrected chi connectivity index (χ1v) is 41.3. The predicted molar refractivity (Wildman–Crippen MR) is 460 cm³/mol. The third kappa shape index (κ3) is 21.0. The van der Waals surface area contributed by atoms with Gasteiger partial charge < -0.3 is 39.3 Å². The van der Waals surface area contributed by atoms with Crippen LogP contribution in [0.5, 0.6) is 0 Å². The van der Waals surface area contributed by atoms with Gasteiger partial charge in [-0.15, -0.1) is 45.3 Å². The molecular formula is C80H84N12O20S8. The van der Waals surface area contributed by atoms with Crippen LogP contribution in [-0.4, -0.2) is 101 Å². The molecule has 12 rings (SSSR count). The average Bonchev–Trinajstić information content (AvgIpc) is 1.02. The van der Waals surface area contributed by atoms with Crippen LogP contribution in [0.2, 0.25) is 11.3 Å². The summed E-state index contributed by atoms with van der Waals surface area (Å²) in [4.78, 5) is 98.8. The zero-order valence-corrected chi connectivity index (χ0v) is 67.6. The number of hydrogen-bond acceptors (Lipinski definition) is 28. The first kappa shape index (κ1) is 44.9. The number of anilines is 8. The summed E-state index contributed by atoms with van der Waals surface area (Å²) >= 11 is 1.82. The largest absolute Gasteiger partial charge is 0.337 e. The summed E-state index contributed by atoms with van der Waals surface area (Å²) < 4.78 is 512. The number of rotatable bonds is 24. The Hall–Kier alpha value is -11.9. The highest BCUT2D eigenvalue weighted by Gasteiger charge is 2.33. The first-order chi connectivity index (χ1) is 76.4. The van der Waals surface area contributed by atoms with Crippen molar-refractivity contribution < 1.29 is 159 Å². The van der Waals surface area contributed by atoms with Gasteiger partial charge >= 0.3 is 0 Å². The minimum atomic E-state index is -5.17. The molecular weight excluding hydrogens is 1710 g/mol. The minimum absolute atomic E-state index is 0.0297. The van der Waals surface area contributed by atoms with Crippen LogP contribution in [-0.2, 0) is 40.1 Å². The molecule has 0 aliphatic carbocycles. The van der Waals surface area contributed by atoms with Crippen molar-refractivity contribution in [1.29, 1.82) is 0 Å². The number of benzene rings is 4. The molecule has 0 atom stereocenters. The Morgan fingerprint density at radius 2 is 0.567 bits per heavy atom. The summed E-state index contributed by atoms with van der Waals surface area (Å²) in [6.45, 7) is -36.5. The topological polar surface area (TPSA) is 473 Å². The van der Waals surface area contributed by atoms with E-state index in [1.54, 1.807) is 6.92 Å². The van der Waals surface area contributed by atoms with E-state index >= 15 is 0 Å². The minimum Gasteiger partial charge on any atom is -0.337 e. The third-order valence-corrected chi connectivity index (χ3v) is 24.7. The Morgan fingerprint density at radius 3 is 0.833 bits per heavy atom. The number of ketones is 4. The number of Topliss-reactive ketones (excluding diaryl/α,β-unsaturated/α-hetero) is 4. The van der Waals surface area contributed by atoms with Crippen LogP contribution in [0.1, 0.15) is 255 Å². The van der Waals surface area contributed by atoms with Gasteiger partial charge in [-0.1, -0.05) is 44.9 Å². The normalized spacial score (nSPS) is 18.9. The molecule has 632 valence electrons. The van der Waals surface area contributed by atoms with Gasteiger partial charge in [0.15, 0.2) is 34.4 Å². The Labute approximate surface area is 778 Å². The first-order valence-electron chi connectivity index (χ1n) is 56.6. The van der Waals surface area contributed by atoms with Crippen LogP contribution in [0.4, 0.5) is 46.3 Å². The molecule has 8 N–H and O–H groups in total. The molecule has 40 heteroatoms. The van der Waals surface area contributed by atoms with Crippen molar-refractivity contribution in [3.8, 4) is 0 Å². The van der Waals surface area contributed by atoms with Gasteiger partial charge in [0, 0.05) is 102 Å². The molecule has 4 amide bonds. The molecule has 0 aliphatic heterocycles. The second-order valence-corrected chi connectivity index (χ2v) is 33.7. The number of carbonyl (C=O) groups is 8.